The number of anilines is 1. The van der Waals surface area contributed by atoms with Gasteiger partial charge in [0, 0.05) is 31.4 Å². The molecule has 0 saturated carbocycles. The number of urea groups is 1. The first-order valence-electron chi connectivity index (χ1n) is 8.26. The minimum Gasteiger partial charge on any atom is -0.314 e. The van der Waals surface area contributed by atoms with E-state index in [9.17, 15) is 4.79 Å². The molecule has 0 aliphatic carbocycles. The molecule has 1 aromatic carbocycles. The van der Waals surface area contributed by atoms with Gasteiger partial charge in [-0.1, -0.05) is 30.3 Å². The average molecular weight is 337 g/mol. The van der Waals surface area contributed by atoms with E-state index in [0.29, 0.717) is 24.0 Å². The van der Waals surface area contributed by atoms with Gasteiger partial charge in [0.15, 0.2) is 11.6 Å². The zero-order valence-corrected chi connectivity index (χ0v) is 13.9. The van der Waals surface area contributed by atoms with E-state index in [-0.39, 0.29) is 12.1 Å². The van der Waals surface area contributed by atoms with Crippen molar-refractivity contribution in [1.29, 1.82) is 0 Å². The Labute approximate surface area is 144 Å². The van der Waals surface area contributed by atoms with E-state index in [0.717, 1.165) is 18.4 Å². The van der Waals surface area contributed by atoms with Gasteiger partial charge >= 0.3 is 6.03 Å². The van der Waals surface area contributed by atoms with Crippen LogP contribution in [0.1, 0.15) is 24.7 Å². The Bertz CT molecular complexity index is 870. The number of aromatic nitrogens is 5. The van der Waals surface area contributed by atoms with Crippen LogP contribution in [-0.4, -0.2) is 42.4 Å². The van der Waals surface area contributed by atoms with Crippen LogP contribution in [0, 0.1) is 0 Å². The van der Waals surface area contributed by atoms with Crippen LogP contribution in [0.25, 0.3) is 11.4 Å². The van der Waals surface area contributed by atoms with Gasteiger partial charge in [0.2, 0.25) is 0 Å². The lowest BCUT2D eigenvalue weighted by Gasteiger charge is -2.22. The number of carbonyl (C=O) groups is 1. The summed E-state index contributed by atoms with van der Waals surface area (Å²) >= 11 is 0. The third-order valence-corrected chi connectivity index (χ3v) is 4.31. The molecule has 3 heterocycles. The summed E-state index contributed by atoms with van der Waals surface area (Å²) in [6.45, 7) is 0.685. The molecule has 0 spiro atoms. The van der Waals surface area contributed by atoms with Gasteiger partial charge < -0.3 is 4.90 Å². The van der Waals surface area contributed by atoms with Gasteiger partial charge in [-0.25, -0.2) is 9.78 Å². The third kappa shape index (κ3) is 3.10. The van der Waals surface area contributed by atoms with Crippen LogP contribution in [0.5, 0.6) is 0 Å². The smallest absolute Gasteiger partial charge is 0.314 e. The lowest BCUT2D eigenvalue weighted by atomic mass is 10.2. The fraction of sp³-hybridized carbons (Fsp3) is 0.294. The van der Waals surface area contributed by atoms with Crippen molar-refractivity contribution in [2.24, 2.45) is 7.05 Å². The van der Waals surface area contributed by atoms with E-state index >= 15 is 0 Å². The second kappa shape index (κ2) is 6.39. The molecule has 1 saturated heterocycles. The molecule has 4 rings (SSSR count). The van der Waals surface area contributed by atoms with Gasteiger partial charge in [-0.05, 0) is 12.8 Å². The molecule has 0 radical (unpaired) electrons. The van der Waals surface area contributed by atoms with Crippen LogP contribution in [-0.2, 0) is 7.05 Å². The predicted molar refractivity (Wildman–Crippen MR) is 92.7 cm³/mol. The van der Waals surface area contributed by atoms with E-state index in [2.05, 4.69) is 25.6 Å². The number of rotatable bonds is 3. The highest BCUT2D eigenvalue weighted by Gasteiger charge is 2.32. The fourth-order valence-electron chi connectivity index (χ4n) is 3.10. The van der Waals surface area contributed by atoms with Crippen LogP contribution in [0.2, 0.25) is 0 Å². The van der Waals surface area contributed by atoms with Crippen LogP contribution in [0.4, 0.5) is 10.6 Å². The molecular weight excluding hydrogens is 318 g/mol. The van der Waals surface area contributed by atoms with Crippen molar-refractivity contribution < 1.29 is 4.79 Å². The van der Waals surface area contributed by atoms with E-state index < -0.39 is 0 Å². The van der Waals surface area contributed by atoms with Gasteiger partial charge in [-0.3, -0.25) is 15.1 Å². The summed E-state index contributed by atoms with van der Waals surface area (Å²) < 4.78 is 1.65. The molecule has 2 amide bonds. The number of nitrogens with zero attached hydrogens (tertiary/aromatic N) is 5. The summed E-state index contributed by atoms with van der Waals surface area (Å²) in [5.41, 5.74) is 0.951. The Kier molecular flexibility index (Phi) is 3.93. The molecule has 1 atom stereocenters. The van der Waals surface area contributed by atoms with Gasteiger partial charge in [0.05, 0.1) is 6.04 Å². The highest BCUT2D eigenvalue weighted by Crippen LogP contribution is 2.31. The average Bonchev–Trinajstić information content (AvgIpc) is 3.35. The van der Waals surface area contributed by atoms with Gasteiger partial charge in [-0.15, -0.1) is 0 Å². The van der Waals surface area contributed by atoms with Gasteiger partial charge in [0.1, 0.15) is 5.82 Å². The fourth-order valence-corrected chi connectivity index (χ4v) is 3.10. The number of benzene rings is 1. The molecule has 0 bridgehead atoms. The monoisotopic (exact) mass is 337 g/mol. The minimum absolute atomic E-state index is 0.103. The number of likely N-dealkylation sites (tertiary alicyclic amines) is 1. The molecule has 8 heteroatoms. The maximum Gasteiger partial charge on any atom is 0.323 e. The lowest BCUT2D eigenvalue weighted by molar-refractivity contribution is 0.205. The molecule has 1 aliphatic heterocycles. The molecular formula is C17H19N7O. The summed E-state index contributed by atoms with van der Waals surface area (Å²) in [4.78, 5) is 19.0. The Morgan fingerprint density at radius 1 is 1.28 bits per heavy atom. The molecule has 2 N–H and O–H groups in total. The molecule has 1 unspecified atom stereocenters. The standard InChI is InChI=1S/C17H19N7O/c1-23-11-9-14(22-23)18-17(25)24-10-5-8-13(24)16-19-15(20-21-16)12-6-3-2-4-7-12/h2-4,6-7,9,11,13H,5,8,10H2,1H3,(H,18,22,25)(H,19,20,21). The molecule has 8 nitrogen and oxygen atoms in total. The molecule has 128 valence electrons. The SMILES string of the molecule is Cn1ccc(NC(=O)N2CCCC2c2nc(-c3ccccc3)n[nH]2)n1. The van der Waals surface area contributed by atoms with E-state index in [1.54, 1.807) is 21.8 Å². The Hall–Kier alpha value is -3.16. The van der Waals surface area contributed by atoms with E-state index in [4.69, 9.17) is 0 Å². The topological polar surface area (TPSA) is 91.7 Å². The quantitative estimate of drug-likeness (QED) is 0.768. The van der Waals surface area contributed by atoms with Crippen molar-refractivity contribution in [1.82, 2.24) is 29.9 Å². The molecule has 1 fully saturated rings. The van der Waals surface area contributed by atoms with Crippen molar-refractivity contribution in [2.75, 3.05) is 11.9 Å². The van der Waals surface area contributed by atoms with Crippen molar-refractivity contribution in [3.63, 3.8) is 0 Å². The van der Waals surface area contributed by atoms with E-state index in [1.807, 2.05) is 37.4 Å². The largest absolute Gasteiger partial charge is 0.323 e. The first-order valence-corrected chi connectivity index (χ1v) is 8.26. The van der Waals surface area contributed by atoms with Crippen LogP contribution in [0.15, 0.2) is 42.6 Å². The van der Waals surface area contributed by atoms with Crippen LogP contribution in [0.3, 0.4) is 0 Å². The minimum atomic E-state index is -0.168. The van der Waals surface area contributed by atoms with E-state index in [1.165, 1.54) is 0 Å². The molecule has 1 aliphatic rings. The van der Waals surface area contributed by atoms with Crippen molar-refractivity contribution in [3.8, 4) is 11.4 Å². The predicted octanol–water partition coefficient (Wildman–Crippen LogP) is 2.57. The van der Waals surface area contributed by atoms with Crippen LogP contribution < -0.4 is 5.32 Å². The summed E-state index contributed by atoms with van der Waals surface area (Å²) in [6, 6.07) is 11.3. The third-order valence-electron chi connectivity index (χ3n) is 4.31. The molecule has 2 aromatic heterocycles. The summed E-state index contributed by atoms with van der Waals surface area (Å²) in [5.74, 6) is 1.90. The van der Waals surface area contributed by atoms with Gasteiger partial charge in [0.25, 0.3) is 0 Å². The molecule has 25 heavy (non-hydrogen) atoms. The highest BCUT2D eigenvalue weighted by atomic mass is 16.2. The maximum atomic E-state index is 12.6. The lowest BCUT2D eigenvalue weighted by Crippen LogP contribution is -2.35. The van der Waals surface area contributed by atoms with Crippen molar-refractivity contribution >= 4 is 11.8 Å². The number of H-pyrrole nitrogens is 1. The number of aryl methyl sites for hydroxylation is 1. The Balaban J connectivity index is 1.51. The summed E-state index contributed by atoms with van der Waals surface area (Å²) in [5, 5.41) is 14.3. The van der Waals surface area contributed by atoms with Crippen molar-refractivity contribution in [3.05, 3.63) is 48.4 Å². The number of amides is 2. The zero-order chi connectivity index (χ0) is 17.2. The number of hydrogen-bond acceptors (Lipinski definition) is 4. The summed E-state index contributed by atoms with van der Waals surface area (Å²) in [7, 11) is 1.81. The second-order valence-electron chi connectivity index (χ2n) is 6.07. The summed E-state index contributed by atoms with van der Waals surface area (Å²) in [6.07, 6.45) is 3.58. The molecule has 3 aromatic rings. The normalized spacial score (nSPS) is 17.0. The Morgan fingerprint density at radius 3 is 2.88 bits per heavy atom. The number of aromatic amines is 1. The Morgan fingerprint density at radius 2 is 2.12 bits per heavy atom. The first-order chi connectivity index (χ1) is 12.2. The van der Waals surface area contributed by atoms with Gasteiger partial charge in [-0.2, -0.15) is 10.2 Å². The number of carbonyl (C=O) groups excluding carboxylic acids is 1. The second-order valence-corrected chi connectivity index (χ2v) is 6.07. The highest BCUT2D eigenvalue weighted by molar-refractivity contribution is 5.88. The van der Waals surface area contributed by atoms with Crippen LogP contribution >= 0.6 is 0 Å². The van der Waals surface area contributed by atoms with Crippen molar-refractivity contribution in [2.45, 2.75) is 18.9 Å². The number of hydrogen-bond donors (Lipinski definition) is 2. The zero-order valence-electron chi connectivity index (χ0n) is 13.9. The first kappa shape index (κ1) is 15.4. The number of nitrogens with one attached hydrogen (secondary N) is 2. The maximum absolute atomic E-state index is 12.6.